The van der Waals surface area contributed by atoms with Crippen LogP contribution in [0.2, 0.25) is 0 Å². The van der Waals surface area contributed by atoms with Crippen molar-refractivity contribution >= 4 is 58.5 Å². The third-order valence-electron chi connectivity index (χ3n) is 8.59. The molecule has 0 aliphatic carbocycles. The molecule has 1 aromatic heterocycles. The van der Waals surface area contributed by atoms with Crippen LogP contribution in [0.3, 0.4) is 0 Å². The molecule has 2 aliphatic rings. The molecule has 1 unspecified atom stereocenters. The third-order valence-corrected chi connectivity index (χ3v) is 9.93. The number of carbonyl (C=O) groups excluding carboxylic acids is 4. The highest BCUT2D eigenvalue weighted by Crippen LogP contribution is 2.40. The van der Waals surface area contributed by atoms with Crippen molar-refractivity contribution in [2.75, 3.05) is 17.7 Å². The summed E-state index contributed by atoms with van der Waals surface area (Å²) in [5.41, 5.74) is 3.09. The van der Waals surface area contributed by atoms with Crippen LogP contribution >= 0.6 is 24.0 Å². The van der Waals surface area contributed by atoms with Crippen molar-refractivity contribution in [3.63, 3.8) is 0 Å². The van der Waals surface area contributed by atoms with Gasteiger partial charge in [0.1, 0.15) is 18.8 Å². The number of anilines is 1. The zero-order valence-corrected chi connectivity index (χ0v) is 32.4. The van der Waals surface area contributed by atoms with Gasteiger partial charge >= 0.3 is 23.9 Å². The summed E-state index contributed by atoms with van der Waals surface area (Å²) < 4.78 is 41.0. The van der Waals surface area contributed by atoms with Crippen molar-refractivity contribution in [3.05, 3.63) is 89.6 Å². The van der Waals surface area contributed by atoms with E-state index in [9.17, 15) is 24.3 Å². The van der Waals surface area contributed by atoms with Crippen molar-refractivity contribution in [2.24, 2.45) is 0 Å². The first-order valence-electron chi connectivity index (χ1n) is 17.6. The largest absolute Gasteiger partial charge is 0.463 e. The zero-order chi connectivity index (χ0) is 39.5. The second kappa shape index (κ2) is 19.9. The van der Waals surface area contributed by atoms with Crippen LogP contribution in [0.15, 0.2) is 78.0 Å². The van der Waals surface area contributed by atoms with Crippen molar-refractivity contribution in [2.45, 2.75) is 101 Å². The van der Waals surface area contributed by atoms with E-state index in [2.05, 4.69) is 10.3 Å². The maximum atomic E-state index is 12.3. The number of esters is 4. The highest BCUT2D eigenvalue weighted by molar-refractivity contribution is 7.99. The molecule has 3 aromatic rings. The smallest absolute Gasteiger partial charge is 0.303 e. The number of aliphatic hydroxyl groups excluding tert-OH is 1. The quantitative estimate of drug-likeness (QED) is 0.0945. The Kier molecular flexibility index (Phi) is 15.1. The molecule has 0 saturated carbocycles. The first-order chi connectivity index (χ1) is 26.4. The molecule has 0 spiro atoms. The fourth-order valence-electron chi connectivity index (χ4n) is 6.27. The van der Waals surface area contributed by atoms with Crippen LogP contribution in [0.4, 0.5) is 5.69 Å². The van der Waals surface area contributed by atoms with E-state index in [0.717, 1.165) is 35.6 Å². The van der Waals surface area contributed by atoms with Crippen LogP contribution in [-0.4, -0.2) is 87.9 Å². The Balaban J connectivity index is 1.34. The summed E-state index contributed by atoms with van der Waals surface area (Å²) in [7, 11) is 0. The number of hydrogen-bond acceptors (Lipinski definition) is 15. The average Bonchev–Trinajstić information content (AvgIpc) is 3.15. The number of nitrogens with zero attached hydrogens (tertiary/aromatic N) is 1. The second-order valence-corrected chi connectivity index (χ2v) is 14.5. The zero-order valence-electron chi connectivity index (χ0n) is 30.8. The molecule has 0 bridgehead atoms. The molecule has 14 nitrogen and oxygen atoms in total. The van der Waals surface area contributed by atoms with Crippen LogP contribution < -0.4 is 5.32 Å². The van der Waals surface area contributed by atoms with Crippen molar-refractivity contribution in [3.8, 4) is 0 Å². The van der Waals surface area contributed by atoms with Crippen molar-refractivity contribution < 1.29 is 57.4 Å². The molecule has 2 saturated heterocycles. The first-order valence-corrected chi connectivity index (χ1v) is 19.0. The lowest BCUT2D eigenvalue weighted by molar-refractivity contribution is -0.251. The molecule has 55 heavy (non-hydrogen) atoms. The number of thiocarbonyl (C=S) groups is 1. The molecule has 16 heteroatoms. The average molecular weight is 797 g/mol. The first kappa shape index (κ1) is 41.7. The van der Waals surface area contributed by atoms with Gasteiger partial charge in [-0.15, -0.1) is 11.8 Å². The van der Waals surface area contributed by atoms with Gasteiger partial charge < -0.3 is 43.6 Å². The predicted octanol–water partition coefficient (Wildman–Crippen LogP) is 5.17. The Morgan fingerprint density at radius 3 is 2.15 bits per heavy atom. The molecular formula is C39H44N2O12S2. The van der Waals surface area contributed by atoms with Crippen LogP contribution in [0.5, 0.6) is 0 Å². The molecule has 0 amide bonds. The van der Waals surface area contributed by atoms with E-state index in [0.29, 0.717) is 17.9 Å². The SMILES string of the molecule is CC(=O)OC[C@H]1O[C@@H](CC(=S)Nc2cccc(C3O[C@H](CSc4ccccn4)C[C@H](c4ccc(CO)cc4)O3)c2)[C@H](OC(C)=O)[C@@H](OC(C)=O)[C@@H]1OC(C)=O. The van der Waals surface area contributed by atoms with Crippen LogP contribution in [0.1, 0.15) is 69.6 Å². The Morgan fingerprint density at radius 1 is 0.818 bits per heavy atom. The van der Waals surface area contributed by atoms with Gasteiger partial charge in [-0.05, 0) is 35.4 Å². The van der Waals surface area contributed by atoms with Crippen LogP contribution in [0, 0.1) is 0 Å². The van der Waals surface area contributed by atoms with E-state index in [1.54, 1.807) is 18.0 Å². The Hall–Kier alpha value is -4.45. The number of aliphatic hydroxyl groups is 1. The second-order valence-electron chi connectivity index (χ2n) is 12.9. The summed E-state index contributed by atoms with van der Waals surface area (Å²) in [5.74, 6) is -2.11. The normalized spacial score (nSPS) is 24.9. The minimum atomic E-state index is -1.30. The van der Waals surface area contributed by atoms with Gasteiger partial charge in [0.25, 0.3) is 0 Å². The summed E-state index contributed by atoms with van der Waals surface area (Å²) in [6.07, 6.45) is -4.79. The van der Waals surface area contributed by atoms with Crippen LogP contribution in [0.25, 0.3) is 0 Å². The Morgan fingerprint density at radius 2 is 1.51 bits per heavy atom. The number of ether oxygens (including phenoxy) is 7. The Bertz CT molecular complexity index is 1800. The van der Waals surface area contributed by atoms with Gasteiger partial charge in [0.15, 0.2) is 24.6 Å². The molecule has 0 radical (unpaired) electrons. The molecule has 3 heterocycles. The van der Waals surface area contributed by atoms with Gasteiger partial charge in [-0.1, -0.05) is 54.7 Å². The molecule has 8 atom stereocenters. The molecule has 5 rings (SSSR count). The summed E-state index contributed by atoms with van der Waals surface area (Å²) in [6.45, 7) is 4.31. The lowest BCUT2D eigenvalue weighted by Crippen LogP contribution is -2.62. The van der Waals surface area contributed by atoms with E-state index in [-0.39, 0.29) is 36.8 Å². The number of thioether (sulfide) groups is 1. The number of pyridine rings is 1. The number of carbonyl (C=O) groups is 4. The van der Waals surface area contributed by atoms with Crippen LogP contribution in [-0.2, 0) is 58.9 Å². The third kappa shape index (κ3) is 12.3. The van der Waals surface area contributed by atoms with Gasteiger partial charge in [0.05, 0.1) is 28.8 Å². The van der Waals surface area contributed by atoms with E-state index in [1.807, 2.05) is 66.7 Å². The minimum absolute atomic E-state index is 0.0339. The maximum absolute atomic E-state index is 12.3. The molecule has 2 N–H and O–H groups in total. The standard InChI is InChI=1S/C39H44N2O12S2/c1-22(43)47-20-33-37(49-24(3)45)38(50-25(4)46)36(48-23(2)44)32(52-33)18-34(54)41-29-9-7-8-28(16-29)39-51-30(21-55-35-10-5-6-15-40-35)17-31(53-39)27-13-11-26(19-42)12-14-27/h5-16,30-33,36-39,42H,17-21H2,1-4H3,(H,41,54)/t30-,31+,32-,33+,36-,37+,38+,39?/m0/s1. The monoisotopic (exact) mass is 796 g/mol. The minimum Gasteiger partial charge on any atom is -0.463 e. The molecule has 2 aromatic carbocycles. The van der Waals surface area contributed by atoms with Gasteiger partial charge in [-0.2, -0.15) is 0 Å². The lowest BCUT2D eigenvalue weighted by Gasteiger charge is -2.44. The van der Waals surface area contributed by atoms with Gasteiger partial charge in [-0.3, -0.25) is 19.2 Å². The molecule has 2 aliphatic heterocycles. The summed E-state index contributed by atoms with van der Waals surface area (Å²) in [6, 6.07) is 20.8. The van der Waals surface area contributed by atoms with Gasteiger partial charge in [0, 0.05) is 63.7 Å². The molecular weight excluding hydrogens is 753 g/mol. The lowest BCUT2D eigenvalue weighted by atomic mass is 9.92. The fraction of sp³-hybridized carbons (Fsp3) is 0.436. The number of nitrogens with one attached hydrogen (secondary N) is 1. The molecule has 294 valence electrons. The van der Waals surface area contributed by atoms with Gasteiger partial charge in [0.2, 0.25) is 0 Å². The van der Waals surface area contributed by atoms with E-state index < -0.39 is 60.7 Å². The summed E-state index contributed by atoms with van der Waals surface area (Å²) in [5, 5.41) is 13.6. The van der Waals surface area contributed by atoms with Crippen molar-refractivity contribution in [1.29, 1.82) is 0 Å². The predicted molar refractivity (Wildman–Crippen MR) is 203 cm³/mol. The number of aromatic nitrogens is 1. The Labute approximate surface area is 328 Å². The highest BCUT2D eigenvalue weighted by atomic mass is 32.2. The van der Waals surface area contributed by atoms with E-state index >= 15 is 0 Å². The maximum Gasteiger partial charge on any atom is 0.303 e. The van der Waals surface area contributed by atoms with Gasteiger partial charge in [-0.25, -0.2) is 4.98 Å². The summed E-state index contributed by atoms with van der Waals surface area (Å²) in [4.78, 5) is 53.0. The highest BCUT2D eigenvalue weighted by Gasteiger charge is 2.52. The molecule has 2 fully saturated rings. The van der Waals surface area contributed by atoms with E-state index in [4.69, 9.17) is 45.4 Å². The number of hydrogen-bond donors (Lipinski definition) is 2. The summed E-state index contributed by atoms with van der Waals surface area (Å²) >= 11 is 7.35. The number of rotatable bonds is 14. The van der Waals surface area contributed by atoms with E-state index in [1.165, 1.54) is 13.8 Å². The number of benzene rings is 2. The fourth-order valence-corrected chi connectivity index (χ4v) is 7.44. The topological polar surface area (TPSA) is 178 Å². The van der Waals surface area contributed by atoms with Crippen molar-refractivity contribution in [1.82, 2.24) is 4.98 Å².